The highest BCUT2D eigenvalue weighted by Crippen LogP contribution is 2.32. The second-order valence-electron chi connectivity index (χ2n) is 13.8. The molecule has 0 aliphatic carbocycles. The minimum absolute atomic E-state index is 0.00502. The zero-order chi connectivity index (χ0) is 39.7. The number of carbonyl (C=O) groups excluding carboxylic acids is 5. The van der Waals surface area contributed by atoms with E-state index >= 15 is 0 Å². The largest absolute Gasteiger partial charge is 0.492 e. The van der Waals surface area contributed by atoms with Gasteiger partial charge < -0.3 is 45.2 Å². The molecule has 1 aromatic heterocycles. The smallest absolute Gasteiger partial charge is 0.265 e. The molecule has 1 fully saturated rings. The molecule has 3 aliphatic rings. The van der Waals surface area contributed by atoms with Gasteiger partial charge in [0.2, 0.25) is 29.5 Å². The van der Waals surface area contributed by atoms with E-state index in [2.05, 4.69) is 26.3 Å². The molecule has 3 atom stereocenters. The minimum Gasteiger partial charge on any atom is -0.492 e. The monoisotopic (exact) mass is 766 g/mol. The van der Waals surface area contributed by atoms with Crippen LogP contribution in [0.2, 0.25) is 0 Å². The number of nitrogens with one attached hydrogen (secondary N) is 4. The summed E-state index contributed by atoms with van der Waals surface area (Å²) in [4.78, 5) is 74.0. The Bertz CT molecular complexity index is 2000. The van der Waals surface area contributed by atoms with Gasteiger partial charge in [0.05, 0.1) is 25.3 Å². The maximum Gasteiger partial charge on any atom is 0.265 e. The Kier molecular flexibility index (Phi) is 12.6. The molecule has 1 spiro atoms. The highest BCUT2D eigenvalue weighted by molar-refractivity contribution is 5.95. The molecule has 294 valence electrons. The van der Waals surface area contributed by atoms with Crippen LogP contribution in [0.25, 0.3) is 11.5 Å². The Morgan fingerprint density at radius 3 is 2.16 bits per heavy atom. The first-order chi connectivity index (χ1) is 27.0. The van der Waals surface area contributed by atoms with Gasteiger partial charge in [-0.1, -0.05) is 48.5 Å². The number of hydrogen-bond acceptors (Lipinski definition) is 10. The first-order valence-corrected chi connectivity index (χ1v) is 18.6. The van der Waals surface area contributed by atoms with Crippen molar-refractivity contribution >= 4 is 29.5 Å². The van der Waals surface area contributed by atoms with Crippen LogP contribution in [0.15, 0.2) is 89.3 Å². The van der Waals surface area contributed by atoms with Crippen molar-refractivity contribution in [1.29, 1.82) is 0 Å². The maximum atomic E-state index is 14.5. The first kappa shape index (κ1) is 39.5. The van der Waals surface area contributed by atoms with E-state index in [1.807, 2.05) is 36.4 Å². The lowest BCUT2D eigenvalue weighted by atomic mass is 9.88. The lowest BCUT2D eigenvalue weighted by Crippen LogP contribution is -2.63. The van der Waals surface area contributed by atoms with Gasteiger partial charge in [-0.3, -0.25) is 24.0 Å². The van der Waals surface area contributed by atoms with Crippen molar-refractivity contribution in [2.75, 3.05) is 32.8 Å². The number of ether oxygens (including phenoxy) is 2. The van der Waals surface area contributed by atoms with Crippen molar-refractivity contribution in [3.63, 3.8) is 0 Å². The van der Waals surface area contributed by atoms with Gasteiger partial charge in [-0.2, -0.15) is 0 Å². The Balaban J connectivity index is 1.25. The average molecular weight is 767 g/mol. The van der Waals surface area contributed by atoms with Gasteiger partial charge in [-0.15, -0.1) is 0 Å². The number of aromatic nitrogens is 1. The van der Waals surface area contributed by atoms with Gasteiger partial charge in [-0.05, 0) is 55.8 Å². The van der Waals surface area contributed by atoms with Crippen LogP contribution in [-0.4, -0.2) is 101 Å². The summed E-state index contributed by atoms with van der Waals surface area (Å²) in [5.74, 6) is -0.969. The van der Waals surface area contributed by atoms with Gasteiger partial charge >= 0.3 is 0 Å². The Hall–Kier alpha value is -6.22. The summed E-state index contributed by atoms with van der Waals surface area (Å²) in [6.45, 7) is 3.08. The fourth-order valence-electron chi connectivity index (χ4n) is 6.56. The third kappa shape index (κ3) is 9.71. The number of aliphatic hydroxyl groups excluding tert-OH is 1. The molecule has 56 heavy (non-hydrogen) atoms. The number of fused-ring (bicyclic) bond motifs is 15. The summed E-state index contributed by atoms with van der Waals surface area (Å²) in [5, 5.41) is 20.7. The fourth-order valence-corrected chi connectivity index (χ4v) is 6.56. The number of piperidine rings is 1. The van der Waals surface area contributed by atoms with E-state index < -0.39 is 54.0 Å². The molecule has 0 saturated carbocycles. The number of nitrogens with zero attached hydrogens (tertiary/aromatic N) is 2. The zero-order valence-electron chi connectivity index (χ0n) is 31.3. The second kappa shape index (κ2) is 17.9. The molecule has 3 aliphatic heterocycles. The molecular formula is C41H46N6O9. The van der Waals surface area contributed by atoms with Gasteiger partial charge in [0, 0.05) is 37.9 Å². The van der Waals surface area contributed by atoms with E-state index in [1.165, 1.54) is 6.92 Å². The van der Waals surface area contributed by atoms with E-state index in [0.717, 1.165) is 11.1 Å². The van der Waals surface area contributed by atoms with E-state index in [4.69, 9.17) is 13.9 Å². The van der Waals surface area contributed by atoms with Crippen LogP contribution in [0, 0.1) is 6.92 Å². The number of oxazole rings is 1. The average Bonchev–Trinajstić information content (AvgIpc) is 3.58. The maximum absolute atomic E-state index is 14.5. The first-order valence-electron chi connectivity index (χ1n) is 18.6. The van der Waals surface area contributed by atoms with Crippen LogP contribution in [0.3, 0.4) is 0 Å². The number of aryl methyl sites for hydroxylation is 1. The third-order valence-corrected chi connectivity index (χ3v) is 9.85. The van der Waals surface area contributed by atoms with Crippen LogP contribution >= 0.6 is 0 Å². The number of aliphatic hydroxyl groups is 1. The molecule has 3 aromatic carbocycles. The van der Waals surface area contributed by atoms with Gasteiger partial charge in [0.15, 0.2) is 5.60 Å². The van der Waals surface area contributed by atoms with Crippen molar-refractivity contribution in [1.82, 2.24) is 31.2 Å². The molecule has 4 aromatic rings. The third-order valence-electron chi connectivity index (χ3n) is 9.85. The molecule has 5 amide bonds. The van der Waals surface area contributed by atoms with Crippen molar-refractivity contribution in [2.45, 2.75) is 63.3 Å². The van der Waals surface area contributed by atoms with Crippen LogP contribution < -0.4 is 30.7 Å². The molecule has 2 bridgehead atoms. The van der Waals surface area contributed by atoms with Gasteiger partial charge in [0.1, 0.15) is 42.0 Å². The fraction of sp³-hybridized carbons (Fsp3) is 0.366. The van der Waals surface area contributed by atoms with Crippen molar-refractivity contribution in [3.05, 3.63) is 102 Å². The highest BCUT2D eigenvalue weighted by atomic mass is 16.5. The topological polar surface area (TPSA) is 201 Å². The Labute approximate surface area is 324 Å². The molecule has 15 nitrogen and oxygen atoms in total. The molecule has 0 unspecified atom stereocenters. The summed E-state index contributed by atoms with van der Waals surface area (Å²) in [5.41, 5.74) is 0.538. The molecule has 5 N–H and O–H groups in total. The number of likely N-dealkylation sites (tertiary alicyclic amines) is 1. The Morgan fingerprint density at radius 2 is 1.48 bits per heavy atom. The number of carbonyl (C=O) groups is 5. The van der Waals surface area contributed by atoms with Gasteiger partial charge in [-0.25, -0.2) is 4.98 Å². The SMILES string of the molecule is Cc1oc(-c2ccccc2)nc1CC(=O)N1CCC2(CC1)Oc1ccc(cc1)OCCNC(=O)[C@H](C)NC(=O)[C@H](CO)NC(=O)[C@@H](Cc1ccccc1)NC2=O. The van der Waals surface area contributed by atoms with E-state index in [9.17, 15) is 29.1 Å². The molecule has 7 rings (SSSR count). The summed E-state index contributed by atoms with van der Waals surface area (Å²) < 4.78 is 18.1. The second-order valence-corrected chi connectivity index (χ2v) is 13.8. The van der Waals surface area contributed by atoms with Crippen LogP contribution in [0.4, 0.5) is 0 Å². The van der Waals surface area contributed by atoms with Gasteiger partial charge in [0.25, 0.3) is 5.91 Å². The van der Waals surface area contributed by atoms with E-state index in [-0.39, 0.29) is 57.8 Å². The van der Waals surface area contributed by atoms with Crippen molar-refractivity contribution < 1.29 is 43.0 Å². The molecule has 15 heteroatoms. The minimum atomic E-state index is -1.51. The Morgan fingerprint density at radius 1 is 0.839 bits per heavy atom. The van der Waals surface area contributed by atoms with Crippen LogP contribution in [0.5, 0.6) is 11.5 Å². The zero-order valence-corrected chi connectivity index (χ0v) is 31.3. The summed E-state index contributed by atoms with van der Waals surface area (Å²) in [6.07, 6.45) is 0.237. The molecule has 4 heterocycles. The van der Waals surface area contributed by atoms with E-state index in [1.54, 1.807) is 60.4 Å². The van der Waals surface area contributed by atoms with Crippen LogP contribution in [-0.2, 0) is 36.8 Å². The molecular weight excluding hydrogens is 720 g/mol. The quantitative estimate of drug-likeness (QED) is 0.181. The molecule has 1 saturated heterocycles. The van der Waals surface area contributed by atoms with E-state index in [0.29, 0.717) is 28.8 Å². The van der Waals surface area contributed by atoms with Crippen molar-refractivity contribution in [3.8, 4) is 23.0 Å². The summed E-state index contributed by atoms with van der Waals surface area (Å²) >= 11 is 0. The predicted octanol–water partition coefficient (Wildman–Crippen LogP) is 1.85. The molecule has 0 radical (unpaired) electrons. The number of amides is 5. The predicted molar refractivity (Wildman–Crippen MR) is 203 cm³/mol. The standard InChI is InChI=1S/C41H46N6O9/c1-26-36(50)42-19-22-54-30-13-15-31(16-14-30)56-41(40(53)46-33(23-28-9-5-3-6-10-28)37(51)44-34(25-48)38(52)43-26)17-20-47(21-18-41)35(49)24-32-27(2)55-39(45-32)29-11-7-4-8-12-29/h3-16,26,33-34,48H,17-25H2,1-2H3,(H,42,50)(H,43,52)(H,44,51)(H,46,53)/t26-,33+,34-/m0/s1. The van der Waals surface area contributed by atoms with Crippen LogP contribution in [0.1, 0.15) is 36.8 Å². The lowest BCUT2D eigenvalue weighted by Gasteiger charge is -2.41. The lowest BCUT2D eigenvalue weighted by molar-refractivity contribution is -0.148. The number of hydrogen-bond donors (Lipinski definition) is 5. The normalized spacial score (nSPS) is 20.8. The van der Waals surface area contributed by atoms with Crippen molar-refractivity contribution in [2.24, 2.45) is 0 Å². The number of benzene rings is 3. The summed E-state index contributed by atoms with van der Waals surface area (Å²) in [6, 6.07) is 21.5. The highest BCUT2D eigenvalue weighted by Gasteiger charge is 2.46. The summed E-state index contributed by atoms with van der Waals surface area (Å²) in [7, 11) is 0. The number of rotatable bonds is 6.